The number of ether oxygens (including phenoxy) is 2. The van der Waals surface area contributed by atoms with Crippen LogP contribution in [0.5, 0.6) is 0 Å². The summed E-state index contributed by atoms with van der Waals surface area (Å²) in [5, 5.41) is 11.6. The number of rotatable bonds is 5. The van der Waals surface area contributed by atoms with Crippen LogP contribution < -0.4 is 5.32 Å². The van der Waals surface area contributed by atoms with Gasteiger partial charge in [-0.05, 0) is 59.2 Å². The lowest BCUT2D eigenvalue weighted by molar-refractivity contribution is -0.157. The molecule has 0 unspecified atom stereocenters. The predicted octanol–water partition coefficient (Wildman–Crippen LogP) is 3.16. The van der Waals surface area contributed by atoms with Crippen molar-refractivity contribution in [1.29, 1.82) is 0 Å². The standard InChI is InChI=1S/C19H27NO6/c1-18(2,3)25-16(23)14(20-17(24)26-19(4,5)6)11-12-8-7-9-13(10-12)15(21)22/h7-10,14H,11H2,1-6H3,(H,20,24)(H,21,22)/t14-/m0/s1. The number of amides is 1. The van der Waals surface area contributed by atoms with Crippen molar-refractivity contribution in [3.05, 3.63) is 35.4 Å². The van der Waals surface area contributed by atoms with E-state index in [9.17, 15) is 14.4 Å². The van der Waals surface area contributed by atoms with Crippen molar-refractivity contribution in [2.45, 2.75) is 65.2 Å². The number of alkyl carbamates (subject to hydrolysis) is 1. The van der Waals surface area contributed by atoms with Crippen LogP contribution in [0.25, 0.3) is 0 Å². The minimum atomic E-state index is -1.07. The molecule has 0 aromatic heterocycles. The van der Waals surface area contributed by atoms with Gasteiger partial charge >= 0.3 is 18.0 Å². The Morgan fingerprint density at radius 3 is 2.12 bits per heavy atom. The zero-order valence-corrected chi connectivity index (χ0v) is 16.1. The van der Waals surface area contributed by atoms with Crippen LogP contribution >= 0.6 is 0 Å². The van der Waals surface area contributed by atoms with E-state index in [1.807, 2.05) is 0 Å². The predicted molar refractivity (Wildman–Crippen MR) is 96.1 cm³/mol. The lowest BCUT2D eigenvalue weighted by atomic mass is 10.0. The van der Waals surface area contributed by atoms with Gasteiger partial charge in [0.15, 0.2) is 0 Å². The van der Waals surface area contributed by atoms with E-state index in [4.69, 9.17) is 14.6 Å². The van der Waals surface area contributed by atoms with Crippen LogP contribution in [0.1, 0.15) is 57.5 Å². The highest BCUT2D eigenvalue weighted by Gasteiger charge is 2.29. The second-order valence-electron chi connectivity index (χ2n) is 7.94. The maximum atomic E-state index is 12.5. The van der Waals surface area contributed by atoms with E-state index in [0.29, 0.717) is 5.56 Å². The molecule has 26 heavy (non-hydrogen) atoms. The summed E-state index contributed by atoms with van der Waals surface area (Å²) in [4.78, 5) is 35.7. The largest absolute Gasteiger partial charge is 0.478 e. The first kappa shape index (κ1) is 21.5. The van der Waals surface area contributed by atoms with Gasteiger partial charge in [-0.15, -0.1) is 0 Å². The van der Waals surface area contributed by atoms with Crippen LogP contribution in [0.15, 0.2) is 24.3 Å². The summed E-state index contributed by atoms with van der Waals surface area (Å²) in [6.07, 6.45) is -0.669. The summed E-state index contributed by atoms with van der Waals surface area (Å²) in [5.41, 5.74) is -0.765. The Balaban J connectivity index is 3.00. The number of carbonyl (C=O) groups is 3. The number of aromatic carboxylic acids is 1. The van der Waals surface area contributed by atoms with Crippen molar-refractivity contribution in [1.82, 2.24) is 5.32 Å². The molecular formula is C19H27NO6. The third-order valence-corrected chi connectivity index (χ3v) is 3.00. The second kappa shape index (κ2) is 8.21. The number of esters is 1. The highest BCUT2D eigenvalue weighted by Crippen LogP contribution is 2.14. The maximum Gasteiger partial charge on any atom is 0.408 e. The molecule has 0 fully saturated rings. The van der Waals surface area contributed by atoms with Crippen molar-refractivity contribution < 1.29 is 29.0 Å². The van der Waals surface area contributed by atoms with Crippen molar-refractivity contribution in [3.63, 3.8) is 0 Å². The molecule has 0 bridgehead atoms. The molecule has 1 aromatic carbocycles. The quantitative estimate of drug-likeness (QED) is 0.777. The molecule has 0 aliphatic rings. The average Bonchev–Trinajstić information content (AvgIpc) is 2.43. The summed E-state index contributed by atoms with van der Waals surface area (Å²) in [6, 6.07) is 5.17. The van der Waals surface area contributed by atoms with Crippen LogP contribution in [0, 0.1) is 0 Å². The van der Waals surface area contributed by atoms with Gasteiger partial charge in [0.1, 0.15) is 17.2 Å². The Hall–Kier alpha value is -2.57. The number of nitrogens with one attached hydrogen (secondary N) is 1. The van der Waals surface area contributed by atoms with Gasteiger partial charge in [0.05, 0.1) is 5.56 Å². The first-order chi connectivity index (χ1) is 11.8. The fraction of sp³-hybridized carbons (Fsp3) is 0.526. The molecule has 2 N–H and O–H groups in total. The summed E-state index contributed by atoms with van der Waals surface area (Å²) < 4.78 is 10.6. The fourth-order valence-electron chi connectivity index (χ4n) is 2.08. The first-order valence-corrected chi connectivity index (χ1v) is 8.31. The Morgan fingerprint density at radius 1 is 1.04 bits per heavy atom. The molecule has 0 heterocycles. The topological polar surface area (TPSA) is 102 Å². The molecular weight excluding hydrogens is 338 g/mol. The number of hydrogen-bond acceptors (Lipinski definition) is 5. The monoisotopic (exact) mass is 365 g/mol. The summed E-state index contributed by atoms with van der Waals surface area (Å²) in [7, 11) is 0. The zero-order valence-electron chi connectivity index (χ0n) is 16.1. The Bertz CT molecular complexity index is 669. The van der Waals surface area contributed by atoms with Gasteiger partial charge in [-0.2, -0.15) is 0 Å². The molecule has 0 aliphatic heterocycles. The van der Waals surface area contributed by atoms with Crippen molar-refractivity contribution in [2.75, 3.05) is 0 Å². The Labute approximate surface area is 153 Å². The van der Waals surface area contributed by atoms with Crippen molar-refractivity contribution in [2.24, 2.45) is 0 Å². The maximum absolute atomic E-state index is 12.5. The molecule has 0 spiro atoms. The number of carbonyl (C=O) groups excluding carboxylic acids is 2. The molecule has 0 saturated carbocycles. The van der Waals surface area contributed by atoms with Crippen LogP contribution in [-0.2, 0) is 20.7 Å². The third-order valence-electron chi connectivity index (χ3n) is 3.00. The minimum absolute atomic E-state index is 0.0786. The van der Waals surface area contributed by atoms with E-state index < -0.39 is 35.3 Å². The summed E-state index contributed by atoms with van der Waals surface area (Å²) >= 11 is 0. The molecule has 1 amide bonds. The van der Waals surface area contributed by atoms with E-state index in [2.05, 4.69) is 5.32 Å². The fourth-order valence-corrected chi connectivity index (χ4v) is 2.08. The SMILES string of the molecule is CC(C)(C)OC(=O)N[C@@H](Cc1cccc(C(=O)O)c1)C(=O)OC(C)(C)C. The summed E-state index contributed by atoms with van der Waals surface area (Å²) in [5.74, 6) is -1.69. The Morgan fingerprint density at radius 2 is 1.62 bits per heavy atom. The van der Waals surface area contributed by atoms with Gasteiger partial charge in [0, 0.05) is 6.42 Å². The molecule has 144 valence electrons. The van der Waals surface area contributed by atoms with E-state index >= 15 is 0 Å². The normalized spacial score (nSPS) is 12.8. The molecule has 0 aliphatic carbocycles. The molecule has 7 nitrogen and oxygen atoms in total. The Kier molecular flexibility index (Phi) is 6.78. The number of carboxylic acid groups (broad SMARTS) is 1. The number of benzene rings is 1. The van der Waals surface area contributed by atoms with Crippen molar-refractivity contribution >= 4 is 18.0 Å². The molecule has 0 saturated heterocycles. The van der Waals surface area contributed by atoms with Crippen LogP contribution in [0.2, 0.25) is 0 Å². The lowest BCUT2D eigenvalue weighted by Gasteiger charge is -2.26. The molecule has 1 rings (SSSR count). The smallest absolute Gasteiger partial charge is 0.408 e. The van der Waals surface area contributed by atoms with Crippen LogP contribution in [0.3, 0.4) is 0 Å². The van der Waals surface area contributed by atoms with Gasteiger partial charge in [-0.3, -0.25) is 0 Å². The summed E-state index contributed by atoms with van der Waals surface area (Å²) in [6.45, 7) is 10.3. The van der Waals surface area contributed by atoms with E-state index in [-0.39, 0.29) is 12.0 Å². The van der Waals surface area contributed by atoms with Gasteiger partial charge < -0.3 is 19.9 Å². The molecule has 1 aromatic rings. The lowest BCUT2D eigenvalue weighted by Crippen LogP contribution is -2.47. The number of hydrogen-bond donors (Lipinski definition) is 2. The second-order valence-corrected chi connectivity index (χ2v) is 7.94. The van der Waals surface area contributed by atoms with Gasteiger partial charge in [-0.25, -0.2) is 14.4 Å². The van der Waals surface area contributed by atoms with Gasteiger partial charge in [0.25, 0.3) is 0 Å². The minimum Gasteiger partial charge on any atom is -0.478 e. The van der Waals surface area contributed by atoms with Gasteiger partial charge in [-0.1, -0.05) is 12.1 Å². The highest BCUT2D eigenvalue weighted by atomic mass is 16.6. The van der Waals surface area contributed by atoms with Crippen LogP contribution in [0.4, 0.5) is 4.79 Å². The van der Waals surface area contributed by atoms with E-state index in [1.54, 1.807) is 53.7 Å². The third kappa shape index (κ3) is 8.00. The molecule has 7 heteroatoms. The average molecular weight is 365 g/mol. The van der Waals surface area contributed by atoms with E-state index in [0.717, 1.165) is 0 Å². The van der Waals surface area contributed by atoms with Crippen LogP contribution in [-0.4, -0.2) is 40.4 Å². The number of carboxylic acids is 1. The molecule has 1 atom stereocenters. The van der Waals surface area contributed by atoms with Gasteiger partial charge in [0.2, 0.25) is 0 Å². The first-order valence-electron chi connectivity index (χ1n) is 8.31. The van der Waals surface area contributed by atoms with Crippen molar-refractivity contribution in [3.8, 4) is 0 Å². The molecule has 0 radical (unpaired) electrons. The highest BCUT2D eigenvalue weighted by molar-refractivity contribution is 5.88. The van der Waals surface area contributed by atoms with E-state index in [1.165, 1.54) is 12.1 Å². The zero-order chi connectivity index (χ0) is 20.1.